The van der Waals surface area contributed by atoms with Crippen molar-refractivity contribution in [2.24, 2.45) is 10.1 Å². The number of hydrogen-bond donors (Lipinski definition) is 5. The van der Waals surface area contributed by atoms with E-state index >= 15 is 0 Å². The monoisotopic (exact) mass is 512 g/mol. The highest BCUT2D eigenvalue weighted by Crippen LogP contribution is 2.33. The molecule has 0 radical (unpaired) electrons. The van der Waals surface area contributed by atoms with Gasteiger partial charge in [0.05, 0.1) is 32.4 Å². The van der Waals surface area contributed by atoms with Gasteiger partial charge in [0.2, 0.25) is 5.90 Å². The second kappa shape index (κ2) is 13.6. The number of carbonyl (C=O) groups is 1. The quantitative estimate of drug-likeness (QED) is 0.0833. The highest BCUT2D eigenvalue weighted by Gasteiger charge is 2.50. The second-order valence-corrected chi connectivity index (χ2v) is 8.55. The number of nitrogens with zero attached hydrogens (tertiary/aromatic N) is 4. The fourth-order valence-electron chi connectivity index (χ4n) is 3.85. The molecule has 5 N–H and O–H groups in total. The van der Waals surface area contributed by atoms with Crippen molar-refractivity contribution in [2.75, 3.05) is 26.4 Å². The van der Waals surface area contributed by atoms with E-state index in [9.17, 15) is 15.0 Å². The summed E-state index contributed by atoms with van der Waals surface area (Å²) in [6.07, 6.45) is -0.0119. The first-order valence-electron chi connectivity index (χ1n) is 11.9. The van der Waals surface area contributed by atoms with E-state index in [1.807, 2.05) is 24.3 Å². The molecule has 198 valence electrons. The number of nitrogens with one attached hydrogen (secondary N) is 2. The maximum atomic E-state index is 13.6. The lowest BCUT2D eigenvalue weighted by molar-refractivity contribution is -0.129. The zero-order valence-electron chi connectivity index (χ0n) is 20.6. The summed E-state index contributed by atoms with van der Waals surface area (Å²) in [5.74, 6) is 0.394. The molecular formula is C25H32N6O6. The third-order valence-corrected chi connectivity index (χ3v) is 6.04. The Bertz CT molecular complexity index is 1120. The Kier molecular flexibility index (Phi) is 10.2. The van der Waals surface area contributed by atoms with Gasteiger partial charge < -0.3 is 24.8 Å². The van der Waals surface area contributed by atoms with Gasteiger partial charge in [0.15, 0.2) is 5.54 Å². The molecule has 0 bridgehead atoms. The summed E-state index contributed by atoms with van der Waals surface area (Å²) in [7, 11) is 0. The fraction of sp³-hybridized carbons (Fsp3) is 0.440. The van der Waals surface area contributed by atoms with E-state index in [1.165, 1.54) is 0 Å². The molecule has 3 rings (SSSR count). The predicted molar refractivity (Wildman–Crippen MR) is 136 cm³/mol. The molecule has 0 saturated carbocycles. The number of azide groups is 1. The van der Waals surface area contributed by atoms with Crippen LogP contribution < -0.4 is 15.6 Å². The van der Waals surface area contributed by atoms with Crippen molar-refractivity contribution in [1.82, 2.24) is 10.9 Å². The standard InChI is InChI=1S/C25H32N6O6/c1-17-25(24(35)30-29-21(15-33)16-34,13-19-5-2-3-6-20(19)14-27-31-26)28-23(37-17)18-7-9-22(10-8-18)36-12-4-11-32/h2-3,5-10,17,21,29,32-34H,4,11-16H2,1H3,(H,30,35)/t17-,25-/m0/s1. The van der Waals surface area contributed by atoms with Crippen LogP contribution in [0.5, 0.6) is 5.75 Å². The normalized spacial score (nSPS) is 18.6. The van der Waals surface area contributed by atoms with Crippen LogP contribution in [0.15, 0.2) is 58.6 Å². The fourth-order valence-corrected chi connectivity index (χ4v) is 3.85. The summed E-state index contributed by atoms with van der Waals surface area (Å²) in [6, 6.07) is 13.6. The minimum Gasteiger partial charge on any atom is -0.494 e. The van der Waals surface area contributed by atoms with Gasteiger partial charge in [-0.3, -0.25) is 10.2 Å². The van der Waals surface area contributed by atoms with Crippen molar-refractivity contribution < 1.29 is 29.6 Å². The molecule has 2 aromatic carbocycles. The first-order chi connectivity index (χ1) is 18.0. The highest BCUT2D eigenvalue weighted by molar-refractivity contribution is 6.00. The van der Waals surface area contributed by atoms with Crippen LogP contribution in [0.1, 0.15) is 30.0 Å². The van der Waals surface area contributed by atoms with Gasteiger partial charge in [0.25, 0.3) is 5.91 Å². The summed E-state index contributed by atoms with van der Waals surface area (Å²) < 4.78 is 11.7. The molecule has 1 aliphatic heterocycles. The molecule has 1 aliphatic rings. The first kappa shape index (κ1) is 27.9. The van der Waals surface area contributed by atoms with E-state index < -0.39 is 23.6 Å². The van der Waals surface area contributed by atoms with Gasteiger partial charge in [0.1, 0.15) is 11.9 Å². The third-order valence-electron chi connectivity index (χ3n) is 6.04. The number of amides is 1. The summed E-state index contributed by atoms with van der Waals surface area (Å²) in [5.41, 5.74) is 14.7. The second-order valence-electron chi connectivity index (χ2n) is 8.55. The average Bonchev–Trinajstić information content (AvgIpc) is 3.26. The number of benzene rings is 2. The van der Waals surface area contributed by atoms with Gasteiger partial charge in [-0.25, -0.2) is 10.4 Å². The Labute approximate surface area is 214 Å². The minimum atomic E-state index is -1.40. The molecule has 2 aromatic rings. The lowest BCUT2D eigenvalue weighted by Crippen LogP contribution is -2.58. The Morgan fingerprint density at radius 1 is 1.19 bits per heavy atom. The molecule has 37 heavy (non-hydrogen) atoms. The number of carbonyl (C=O) groups excluding carboxylic acids is 1. The van der Waals surface area contributed by atoms with Crippen LogP contribution >= 0.6 is 0 Å². The molecular weight excluding hydrogens is 480 g/mol. The van der Waals surface area contributed by atoms with Crippen molar-refractivity contribution in [3.05, 3.63) is 75.7 Å². The summed E-state index contributed by atoms with van der Waals surface area (Å²) in [6.45, 7) is 1.52. The van der Waals surface area contributed by atoms with Crippen LogP contribution in [-0.4, -0.2) is 71.2 Å². The van der Waals surface area contributed by atoms with Crippen molar-refractivity contribution in [1.29, 1.82) is 0 Å². The molecule has 1 heterocycles. The third kappa shape index (κ3) is 6.97. The first-order valence-corrected chi connectivity index (χ1v) is 11.9. The largest absolute Gasteiger partial charge is 0.494 e. The van der Waals surface area contributed by atoms with Gasteiger partial charge >= 0.3 is 0 Å². The molecule has 2 atom stereocenters. The van der Waals surface area contributed by atoms with Crippen LogP contribution in [0.25, 0.3) is 10.4 Å². The molecule has 0 unspecified atom stereocenters. The number of hydrogen-bond acceptors (Lipinski definition) is 9. The lowest BCUT2D eigenvalue weighted by atomic mass is 9.84. The Balaban J connectivity index is 1.94. The van der Waals surface area contributed by atoms with E-state index in [-0.39, 0.29) is 38.7 Å². The number of hydrazine groups is 1. The Hall–Kier alpha value is -3.67. The van der Waals surface area contributed by atoms with Gasteiger partial charge in [-0.2, -0.15) is 0 Å². The predicted octanol–water partition coefficient (Wildman–Crippen LogP) is 1.38. The van der Waals surface area contributed by atoms with Gasteiger partial charge in [-0.1, -0.05) is 29.4 Å². The van der Waals surface area contributed by atoms with E-state index in [4.69, 9.17) is 25.1 Å². The highest BCUT2D eigenvalue weighted by atomic mass is 16.5. The average molecular weight is 513 g/mol. The maximum Gasteiger partial charge on any atom is 0.266 e. The van der Waals surface area contributed by atoms with E-state index in [2.05, 4.69) is 20.9 Å². The summed E-state index contributed by atoms with van der Waals surface area (Å²) >= 11 is 0. The zero-order valence-corrected chi connectivity index (χ0v) is 20.6. The topological polar surface area (TPSA) is 181 Å². The molecule has 1 amide bonds. The molecule has 0 saturated heterocycles. The molecule has 12 nitrogen and oxygen atoms in total. The minimum absolute atomic E-state index is 0.0446. The van der Waals surface area contributed by atoms with Crippen LogP contribution in [-0.2, 0) is 22.5 Å². The lowest BCUT2D eigenvalue weighted by Gasteiger charge is -2.29. The van der Waals surface area contributed by atoms with E-state index in [0.717, 1.165) is 11.1 Å². The van der Waals surface area contributed by atoms with E-state index in [0.29, 0.717) is 24.3 Å². The number of aliphatic hydroxyl groups excluding tert-OH is 3. The zero-order chi connectivity index (χ0) is 26.7. The van der Waals surface area contributed by atoms with Crippen LogP contribution in [0.3, 0.4) is 0 Å². The van der Waals surface area contributed by atoms with Crippen LogP contribution in [0.2, 0.25) is 0 Å². The van der Waals surface area contributed by atoms with E-state index in [1.54, 1.807) is 31.2 Å². The number of ether oxygens (including phenoxy) is 2. The van der Waals surface area contributed by atoms with Crippen molar-refractivity contribution >= 4 is 11.8 Å². The van der Waals surface area contributed by atoms with Crippen LogP contribution in [0.4, 0.5) is 0 Å². The van der Waals surface area contributed by atoms with Gasteiger partial charge in [0, 0.05) is 29.9 Å². The molecule has 0 fully saturated rings. The van der Waals surface area contributed by atoms with Gasteiger partial charge in [-0.15, -0.1) is 0 Å². The van der Waals surface area contributed by atoms with Crippen molar-refractivity contribution in [3.8, 4) is 5.75 Å². The molecule has 12 heteroatoms. The maximum absolute atomic E-state index is 13.6. The number of aliphatic imine (C=N–C) groups is 1. The number of rotatable bonds is 14. The van der Waals surface area contributed by atoms with Crippen molar-refractivity contribution in [2.45, 2.75) is 44.0 Å². The summed E-state index contributed by atoms with van der Waals surface area (Å²) in [5, 5.41) is 31.3. The number of aliphatic hydroxyl groups is 3. The molecule has 0 aromatic heterocycles. The van der Waals surface area contributed by atoms with Gasteiger partial charge in [-0.05, 0) is 47.8 Å². The smallest absolute Gasteiger partial charge is 0.266 e. The molecule has 0 aliphatic carbocycles. The Morgan fingerprint density at radius 2 is 1.89 bits per heavy atom. The molecule has 0 spiro atoms. The summed E-state index contributed by atoms with van der Waals surface area (Å²) in [4.78, 5) is 21.2. The Morgan fingerprint density at radius 3 is 2.54 bits per heavy atom. The van der Waals surface area contributed by atoms with Crippen molar-refractivity contribution in [3.63, 3.8) is 0 Å². The SMILES string of the molecule is C[C@@H]1OC(c2ccc(OCCCO)cc2)=N[C@]1(Cc1ccccc1CN=[N+]=[N-])C(=O)NNC(CO)CO. The van der Waals surface area contributed by atoms with Crippen LogP contribution in [0, 0.1) is 0 Å².